The summed E-state index contributed by atoms with van der Waals surface area (Å²) in [5.41, 5.74) is 2.28. The second-order valence-electron chi connectivity index (χ2n) is 6.11. The average molecular weight is 356 g/mol. The van der Waals surface area contributed by atoms with Crippen molar-refractivity contribution in [3.63, 3.8) is 0 Å². The first-order valence-corrected chi connectivity index (χ1v) is 8.63. The highest BCUT2D eigenvalue weighted by atomic mass is 35.5. The highest BCUT2D eigenvalue weighted by Gasteiger charge is 2.25. The minimum Gasteiger partial charge on any atom is -0.336 e. The van der Waals surface area contributed by atoms with Crippen molar-refractivity contribution in [3.05, 3.63) is 65.1 Å². The molecule has 4 rings (SSSR count). The molecule has 6 nitrogen and oxygen atoms in total. The van der Waals surface area contributed by atoms with Gasteiger partial charge in [0.05, 0.1) is 6.20 Å². The lowest BCUT2D eigenvalue weighted by atomic mass is 10.2. The summed E-state index contributed by atoms with van der Waals surface area (Å²) in [7, 11) is 0. The van der Waals surface area contributed by atoms with Gasteiger partial charge < -0.3 is 4.90 Å². The van der Waals surface area contributed by atoms with Crippen LogP contribution < -0.4 is 0 Å². The quantitative estimate of drug-likeness (QED) is 0.723. The van der Waals surface area contributed by atoms with Gasteiger partial charge in [-0.1, -0.05) is 29.8 Å². The molecule has 0 N–H and O–H groups in total. The Morgan fingerprint density at radius 2 is 1.92 bits per heavy atom. The molecule has 1 aliphatic rings. The Labute approximate surface area is 150 Å². The maximum atomic E-state index is 12.8. The van der Waals surface area contributed by atoms with Gasteiger partial charge in [0, 0.05) is 50.1 Å². The van der Waals surface area contributed by atoms with Crippen molar-refractivity contribution < 1.29 is 4.79 Å². The molecule has 3 heterocycles. The summed E-state index contributed by atoms with van der Waals surface area (Å²) in [6.45, 7) is 3.83. The number of fused-ring (bicyclic) bond motifs is 1. The lowest BCUT2D eigenvalue weighted by molar-refractivity contribution is 0.0630. The molecule has 0 atom stereocenters. The molecule has 128 valence electrons. The predicted octanol–water partition coefficient (Wildman–Crippen LogP) is 2.34. The standard InChI is InChI=1S/C18H18ClN5O/c19-16-5-2-1-4-14(16)13-22-8-10-23(11-9-22)18(25)15-12-21-24-7-3-6-20-17(15)24/h1-7,12H,8-11,13H2. The zero-order chi connectivity index (χ0) is 17.2. The Morgan fingerprint density at radius 1 is 1.12 bits per heavy atom. The van der Waals surface area contributed by atoms with Gasteiger partial charge in [-0.3, -0.25) is 9.69 Å². The van der Waals surface area contributed by atoms with E-state index in [0.29, 0.717) is 24.3 Å². The van der Waals surface area contributed by atoms with Gasteiger partial charge in [0.15, 0.2) is 5.65 Å². The van der Waals surface area contributed by atoms with Crippen LogP contribution in [0, 0.1) is 0 Å². The fourth-order valence-electron chi connectivity index (χ4n) is 3.13. The third-order valence-electron chi connectivity index (χ3n) is 4.52. The number of nitrogens with zero attached hydrogens (tertiary/aromatic N) is 5. The topological polar surface area (TPSA) is 53.7 Å². The monoisotopic (exact) mass is 355 g/mol. The van der Waals surface area contributed by atoms with Crippen molar-refractivity contribution in [1.29, 1.82) is 0 Å². The number of amides is 1. The maximum absolute atomic E-state index is 12.8. The van der Waals surface area contributed by atoms with E-state index in [9.17, 15) is 4.79 Å². The summed E-state index contributed by atoms with van der Waals surface area (Å²) in [4.78, 5) is 21.2. The Hall–Kier alpha value is -2.44. The summed E-state index contributed by atoms with van der Waals surface area (Å²) in [5, 5.41) is 4.99. The van der Waals surface area contributed by atoms with E-state index in [-0.39, 0.29) is 5.91 Å². The molecular weight excluding hydrogens is 338 g/mol. The van der Waals surface area contributed by atoms with Crippen LogP contribution in [0.1, 0.15) is 15.9 Å². The van der Waals surface area contributed by atoms with Crippen LogP contribution in [0.15, 0.2) is 48.9 Å². The number of halogens is 1. The van der Waals surface area contributed by atoms with E-state index in [4.69, 9.17) is 11.6 Å². The summed E-state index contributed by atoms with van der Waals surface area (Å²) >= 11 is 6.24. The van der Waals surface area contributed by atoms with E-state index in [1.165, 1.54) is 0 Å². The number of carbonyl (C=O) groups excluding carboxylic acids is 1. The zero-order valence-electron chi connectivity index (χ0n) is 13.7. The van der Waals surface area contributed by atoms with Crippen molar-refractivity contribution in [1.82, 2.24) is 24.4 Å². The van der Waals surface area contributed by atoms with Gasteiger partial charge in [-0.2, -0.15) is 5.10 Å². The van der Waals surface area contributed by atoms with Crippen molar-refractivity contribution in [2.75, 3.05) is 26.2 Å². The van der Waals surface area contributed by atoms with Gasteiger partial charge in [-0.25, -0.2) is 9.50 Å². The van der Waals surface area contributed by atoms with Crippen LogP contribution in [0.4, 0.5) is 0 Å². The van der Waals surface area contributed by atoms with Gasteiger partial charge in [0.25, 0.3) is 5.91 Å². The van der Waals surface area contributed by atoms with Gasteiger partial charge in [-0.15, -0.1) is 0 Å². The van der Waals surface area contributed by atoms with Crippen LogP contribution in [0.3, 0.4) is 0 Å². The molecule has 0 radical (unpaired) electrons. The number of hydrogen-bond donors (Lipinski definition) is 0. The summed E-state index contributed by atoms with van der Waals surface area (Å²) in [6.07, 6.45) is 5.07. The van der Waals surface area contributed by atoms with Crippen LogP contribution in [0.5, 0.6) is 0 Å². The van der Waals surface area contributed by atoms with Crippen molar-refractivity contribution in [2.24, 2.45) is 0 Å². The molecule has 25 heavy (non-hydrogen) atoms. The molecule has 1 saturated heterocycles. The molecule has 7 heteroatoms. The largest absolute Gasteiger partial charge is 0.336 e. The van der Waals surface area contributed by atoms with Crippen LogP contribution >= 0.6 is 11.6 Å². The van der Waals surface area contributed by atoms with E-state index >= 15 is 0 Å². The third-order valence-corrected chi connectivity index (χ3v) is 4.89. The fourth-order valence-corrected chi connectivity index (χ4v) is 3.32. The molecule has 0 aliphatic carbocycles. The van der Waals surface area contributed by atoms with E-state index in [1.54, 1.807) is 29.2 Å². The number of piperazine rings is 1. The molecule has 1 aliphatic heterocycles. The molecule has 0 saturated carbocycles. The second-order valence-corrected chi connectivity index (χ2v) is 6.51. The van der Waals surface area contributed by atoms with Gasteiger partial charge in [0.1, 0.15) is 5.56 Å². The van der Waals surface area contributed by atoms with E-state index in [1.807, 2.05) is 29.2 Å². The normalized spacial score (nSPS) is 15.6. The number of aromatic nitrogens is 3. The second kappa shape index (κ2) is 6.82. The Morgan fingerprint density at radius 3 is 2.72 bits per heavy atom. The molecule has 3 aromatic rings. The summed E-state index contributed by atoms with van der Waals surface area (Å²) < 4.78 is 1.63. The zero-order valence-corrected chi connectivity index (χ0v) is 14.4. The molecule has 0 unspecified atom stereocenters. The van der Waals surface area contributed by atoms with E-state index < -0.39 is 0 Å². The first kappa shape index (κ1) is 16.1. The molecular formula is C18H18ClN5O. The minimum atomic E-state index is -0.00825. The Bertz CT molecular complexity index is 901. The van der Waals surface area contributed by atoms with Crippen LogP contribution in [0.2, 0.25) is 5.02 Å². The molecule has 0 spiro atoms. The number of carbonyl (C=O) groups is 1. The van der Waals surface area contributed by atoms with Gasteiger partial charge in [0.2, 0.25) is 0 Å². The lowest BCUT2D eigenvalue weighted by Gasteiger charge is -2.34. The molecule has 1 amide bonds. The van der Waals surface area contributed by atoms with Gasteiger partial charge >= 0.3 is 0 Å². The molecule has 1 aromatic carbocycles. The highest BCUT2D eigenvalue weighted by Crippen LogP contribution is 2.19. The molecule has 1 fully saturated rings. The van der Waals surface area contributed by atoms with Crippen molar-refractivity contribution >= 4 is 23.2 Å². The van der Waals surface area contributed by atoms with Crippen molar-refractivity contribution in [2.45, 2.75) is 6.54 Å². The number of rotatable bonds is 3. The maximum Gasteiger partial charge on any atom is 0.259 e. The third kappa shape index (κ3) is 3.23. The fraction of sp³-hybridized carbons (Fsp3) is 0.278. The molecule has 0 bridgehead atoms. The predicted molar refractivity (Wildman–Crippen MR) is 95.6 cm³/mol. The van der Waals surface area contributed by atoms with E-state index in [2.05, 4.69) is 15.0 Å². The van der Waals surface area contributed by atoms with Crippen LogP contribution in [-0.4, -0.2) is 56.5 Å². The Balaban J connectivity index is 1.42. The molecule has 2 aromatic heterocycles. The summed E-state index contributed by atoms with van der Waals surface area (Å²) in [6, 6.07) is 9.69. The smallest absolute Gasteiger partial charge is 0.259 e. The van der Waals surface area contributed by atoms with Crippen LogP contribution in [0.25, 0.3) is 5.65 Å². The average Bonchev–Trinajstić information content (AvgIpc) is 3.08. The van der Waals surface area contributed by atoms with Gasteiger partial charge in [-0.05, 0) is 17.7 Å². The summed E-state index contributed by atoms with van der Waals surface area (Å²) in [5.74, 6) is -0.00825. The van der Waals surface area contributed by atoms with Crippen LogP contribution in [-0.2, 0) is 6.54 Å². The van der Waals surface area contributed by atoms with E-state index in [0.717, 1.165) is 30.2 Å². The first-order chi connectivity index (χ1) is 12.2. The number of benzene rings is 1. The number of hydrogen-bond acceptors (Lipinski definition) is 4. The highest BCUT2D eigenvalue weighted by molar-refractivity contribution is 6.31. The Kier molecular flexibility index (Phi) is 4.38. The first-order valence-electron chi connectivity index (χ1n) is 8.26. The minimum absolute atomic E-state index is 0.00825. The lowest BCUT2D eigenvalue weighted by Crippen LogP contribution is -2.48. The SMILES string of the molecule is O=C(c1cnn2cccnc12)N1CCN(Cc2ccccc2Cl)CC1. The van der Waals surface area contributed by atoms with Crippen molar-refractivity contribution in [3.8, 4) is 0 Å².